The molecule has 0 aliphatic carbocycles. The number of hydrogen-bond donors (Lipinski definition) is 1. The molecular weight excluding hydrogens is 344 g/mol. The van der Waals surface area contributed by atoms with Crippen LogP contribution < -0.4 is 14.8 Å². The maximum absolute atomic E-state index is 13.0. The van der Waals surface area contributed by atoms with Crippen molar-refractivity contribution >= 4 is 11.7 Å². The van der Waals surface area contributed by atoms with E-state index in [0.717, 1.165) is 30.8 Å². The minimum atomic E-state index is -0.194. The minimum Gasteiger partial charge on any atom is -0.496 e. The van der Waals surface area contributed by atoms with Crippen molar-refractivity contribution in [3.05, 3.63) is 54.1 Å². The van der Waals surface area contributed by atoms with Crippen LogP contribution in [0.4, 0.5) is 10.5 Å². The number of rotatable bonds is 7. The molecule has 0 aromatic heterocycles. The highest BCUT2D eigenvalue weighted by Crippen LogP contribution is 2.25. The number of methoxy groups -OCH3 is 2. The summed E-state index contributed by atoms with van der Waals surface area (Å²) < 4.78 is 16.5. The lowest BCUT2D eigenvalue weighted by Gasteiger charge is -2.27. The molecule has 144 valence electrons. The lowest BCUT2D eigenvalue weighted by atomic mass is 10.1. The van der Waals surface area contributed by atoms with Gasteiger partial charge in [-0.25, -0.2) is 4.79 Å². The van der Waals surface area contributed by atoms with Crippen LogP contribution in [0.1, 0.15) is 18.4 Å². The highest BCUT2D eigenvalue weighted by atomic mass is 16.5. The average molecular weight is 370 g/mol. The van der Waals surface area contributed by atoms with Crippen LogP contribution in [0.15, 0.2) is 48.5 Å². The number of para-hydroxylation sites is 3. The molecule has 1 aliphatic rings. The molecule has 1 N–H and O–H groups in total. The predicted octanol–water partition coefficient (Wildman–Crippen LogP) is 3.92. The van der Waals surface area contributed by atoms with E-state index in [2.05, 4.69) is 5.32 Å². The molecule has 2 aromatic rings. The van der Waals surface area contributed by atoms with Gasteiger partial charge >= 0.3 is 6.03 Å². The molecule has 3 rings (SSSR count). The number of carbonyl (C=O) groups is 1. The number of hydrogen-bond acceptors (Lipinski definition) is 4. The maximum atomic E-state index is 13.0. The van der Waals surface area contributed by atoms with E-state index < -0.39 is 0 Å². The summed E-state index contributed by atoms with van der Waals surface area (Å²) in [6.45, 7) is 1.71. The molecule has 0 spiro atoms. The van der Waals surface area contributed by atoms with E-state index in [4.69, 9.17) is 14.2 Å². The molecule has 1 saturated heterocycles. The van der Waals surface area contributed by atoms with Gasteiger partial charge in [-0.3, -0.25) is 0 Å². The Morgan fingerprint density at radius 2 is 1.81 bits per heavy atom. The van der Waals surface area contributed by atoms with Crippen LogP contribution in [0.3, 0.4) is 0 Å². The van der Waals surface area contributed by atoms with Crippen LogP contribution in [0.2, 0.25) is 0 Å². The lowest BCUT2D eigenvalue weighted by Crippen LogP contribution is -2.39. The first kappa shape index (κ1) is 19.0. The van der Waals surface area contributed by atoms with Gasteiger partial charge in [-0.1, -0.05) is 30.3 Å². The molecular formula is C21H26N2O4. The molecule has 1 atom stereocenters. The summed E-state index contributed by atoms with van der Waals surface area (Å²) in [5.41, 5.74) is 1.59. The average Bonchev–Trinajstić information content (AvgIpc) is 3.21. The Balaban J connectivity index is 1.78. The standard InChI is InChI=1S/C21H26N2O4/c1-25-19-11-5-3-8-16(19)14-23(15-17-9-7-13-27-17)21(24)22-18-10-4-6-12-20(18)26-2/h3-6,8,10-12,17H,7,9,13-15H2,1-2H3,(H,22,24). The van der Waals surface area contributed by atoms with Crippen molar-refractivity contribution in [1.82, 2.24) is 4.90 Å². The largest absolute Gasteiger partial charge is 0.496 e. The zero-order valence-corrected chi connectivity index (χ0v) is 15.8. The van der Waals surface area contributed by atoms with Gasteiger partial charge in [-0.2, -0.15) is 0 Å². The van der Waals surface area contributed by atoms with Crippen molar-refractivity contribution in [2.45, 2.75) is 25.5 Å². The fourth-order valence-electron chi connectivity index (χ4n) is 3.23. The summed E-state index contributed by atoms with van der Waals surface area (Å²) in [4.78, 5) is 14.8. The number of carbonyl (C=O) groups excluding carboxylic acids is 1. The van der Waals surface area contributed by atoms with Crippen molar-refractivity contribution in [1.29, 1.82) is 0 Å². The molecule has 2 amide bonds. The third-order valence-corrected chi connectivity index (χ3v) is 4.64. The fraction of sp³-hybridized carbons (Fsp3) is 0.381. The first-order chi connectivity index (χ1) is 13.2. The van der Waals surface area contributed by atoms with E-state index in [1.54, 1.807) is 19.1 Å². The van der Waals surface area contributed by atoms with Gasteiger partial charge in [0.2, 0.25) is 0 Å². The van der Waals surface area contributed by atoms with Crippen LogP contribution in [-0.2, 0) is 11.3 Å². The first-order valence-electron chi connectivity index (χ1n) is 9.13. The number of nitrogens with zero attached hydrogens (tertiary/aromatic N) is 1. The Kier molecular flexibility index (Phi) is 6.54. The Hall–Kier alpha value is -2.73. The second kappa shape index (κ2) is 9.28. The van der Waals surface area contributed by atoms with Crippen LogP contribution in [-0.4, -0.2) is 44.4 Å². The number of nitrogens with one attached hydrogen (secondary N) is 1. The van der Waals surface area contributed by atoms with Crippen LogP contribution in [0, 0.1) is 0 Å². The van der Waals surface area contributed by atoms with E-state index in [0.29, 0.717) is 24.5 Å². The summed E-state index contributed by atoms with van der Waals surface area (Å²) in [7, 11) is 3.22. The molecule has 2 aromatic carbocycles. The molecule has 6 heteroatoms. The predicted molar refractivity (Wildman–Crippen MR) is 104 cm³/mol. The number of ether oxygens (including phenoxy) is 3. The topological polar surface area (TPSA) is 60.0 Å². The van der Waals surface area contributed by atoms with Crippen LogP contribution in [0.5, 0.6) is 11.5 Å². The molecule has 0 saturated carbocycles. The second-order valence-corrected chi connectivity index (χ2v) is 6.46. The minimum absolute atomic E-state index is 0.0585. The number of amides is 2. The zero-order chi connectivity index (χ0) is 19.1. The third kappa shape index (κ3) is 4.92. The van der Waals surface area contributed by atoms with Crippen molar-refractivity contribution in [2.24, 2.45) is 0 Å². The fourth-order valence-corrected chi connectivity index (χ4v) is 3.23. The molecule has 1 aliphatic heterocycles. The Labute approximate surface area is 160 Å². The smallest absolute Gasteiger partial charge is 0.322 e. The monoisotopic (exact) mass is 370 g/mol. The van der Waals surface area contributed by atoms with Crippen molar-refractivity contribution in [3.63, 3.8) is 0 Å². The summed E-state index contributed by atoms with van der Waals surface area (Å²) in [6, 6.07) is 14.9. The quantitative estimate of drug-likeness (QED) is 0.803. The SMILES string of the molecule is COc1ccccc1CN(CC1CCCO1)C(=O)Nc1ccccc1OC. The summed E-state index contributed by atoms with van der Waals surface area (Å²) in [6.07, 6.45) is 2.05. The molecule has 0 radical (unpaired) electrons. The lowest BCUT2D eigenvalue weighted by molar-refractivity contribution is 0.0817. The van der Waals surface area contributed by atoms with Gasteiger partial charge in [0.15, 0.2) is 0 Å². The van der Waals surface area contributed by atoms with E-state index in [1.807, 2.05) is 48.5 Å². The normalized spacial score (nSPS) is 16.0. The van der Waals surface area contributed by atoms with E-state index in [-0.39, 0.29) is 12.1 Å². The van der Waals surface area contributed by atoms with Gasteiger partial charge in [0.1, 0.15) is 11.5 Å². The number of anilines is 1. The van der Waals surface area contributed by atoms with Crippen molar-refractivity contribution < 1.29 is 19.0 Å². The van der Waals surface area contributed by atoms with Gasteiger partial charge in [-0.15, -0.1) is 0 Å². The van der Waals surface area contributed by atoms with Crippen molar-refractivity contribution in [3.8, 4) is 11.5 Å². The number of urea groups is 1. The Morgan fingerprint density at radius 3 is 2.52 bits per heavy atom. The summed E-state index contributed by atoms with van der Waals surface area (Å²) >= 11 is 0. The molecule has 1 heterocycles. The van der Waals surface area contributed by atoms with Crippen LogP contribution >= 0.6 is 0 Å². The maximum Gasteiger partial charge on any atom is 0.322 e. The Morgan fingerprint density at radius 1 is 1.11 bits per heavy atom. The molecule has 1 fully saturated rings. The molecule has 27 heavy (non-hydrogen) atoms. The molecule has 6 nitrogen and oxygen atoms in total. The summed E-state index contributed by atoms with van der Waals surface area (Å²) in [5, 5.41) is 2.96. The first-order valence-corrected chi connectivity index (χ1v) is 9.13. The second-order valence-electron chi connectivity index (χ2n) is 6.46. The van der Waals surface area contributed by atoms with Gasteiger partial charge in [-0.05, 0) is 31.0 Å². The summed E-state index contributed by atoms with van der Waals surface area (Å²) in [5.74, 6) is 1.39. The zero-order valence-electron chi connectivity index (χ0n) is 15.8. The highest BCUT2D eigenvalue weighted by molar-refractivity contribution is 5.91. The Bertz CT molecular complexity index is 759. The van der Waals surface area contributed by atoms with E-state index in [1.165, 1.54) is 0 Å². The third-order valence-electron chi connectivity index (χ3n) is 4.64. The van der Waals surface area contributed by atoms with Gasteiger partial charge in [0, 0.05) is 18.7 Å². The molecule has 1 unspecified atom stereocenters. The van der Waals surface area contributed by atoms with E-state index >= 15 is 0 Å². The van der Waals surface area contributed by atoms with Gasteiger partial charge < -0.3 is 24.4 Å². The van der Waals surface area contributed by atoms with E-state index in [9.17, 15) is 4.79 Å². The van der Waals surface area contributed by atoms with Gasteiger partial charge in [0.25, 0.3) is 0 Å². The number of benzene rings is 2. The highest BCUT2D eigenvalue weighted by Gasteiger charge is 2.24. The van der Waals surface area contributed by atoms with Crippen molar-refractivity contribution in [2.75, 3.05) is 32.7 Å². The molecule has 0 bridgehead atoms. The van der Waals surface area contributed by atoms with Crippen LogP contribution in [0.25, 0.3) is 0 Å². The van der Waals surface area contributed by atoms with Gasteiger partial charge in [0.05, 0.1) is 32.6 Å².